The van der Waals surface area contributed by atoms with E-state index in [1.165, 1.54) is 0 Å². The Morgan fingerprint density at radius 2 is 2.00 bits per heavy atom. The Hall–Kier alpha value is 1.71. The first kappa shape index (κ1) is 16.7. The zero-order valence-corrected chi connectivity index (χ0v) is 13.2. The average molecular weight is 323 g/mol. The summed E-state index contributed by atoms with van der Waals surface area (Å²) >= 11 is 12.1. The fraction of sp³-hybridized carbons (Fsp3) is 0.900. The Kier molecular flexibility index (Phi) is 9.75. The summed E-state index contributed by atoms with van der Waals surface area (Å²) in [5.41, 5.74) is 0. The molecule has 15 heavy (non-hydrogen) atoms. The largest absolute Gasteiger partial charge is 0.381 e. The van der Waals surface area contributed by atoms with Gasteiger partial charge in [0.1, 0.15) is 0 Å². The van der Waals surface area contributed by atoms with Crippen LogP contribution in [0.5, 0.6) is 0 Å². The first-order valence-corrected chi connectivity index (χ1v) is 5.94. The third-order valence-electron chi connectivity index (χ3n) is 2.68. The van der Waals surface area contributed by atoms with Gasteiger partial charge < -0.3 is 11.7 Å². The van der Waals surface area contributed by atoms with Gasteiger partial charge in [-0.15, -0.1) is 23.2 Å². The first-order chi connectivity index (χ1) is 6.66. The first-order valence-electron chi connectivity index (χ1n) is 5.07. The molecule has 0 saturated heterocycles. The van der Waals surface area contributed by atoms with Gasteiger partial charge in [-0.25, -0.2) is 0 Å². The minimum atomic E-state index is -0.0288. The second-order valence-corrected chi connectivity index (χ2v) is 4.91. The fourth-order valence-corrected chi connectivity index (χ4v) is 2.60. The minimum Gasteiger partial charge on any atom is -0.381 e. The molecule has 0 amide bonds. The quantitative estimate of drug-likeness (QED) is 0.327. The van der Waals surface area contributed by atoms with Gasteiger partial charge in [0, 0.05) is 50.1 Å². The van der Waals surface area contributed by atoms with Crippen molar-refractivity contribution in [1.82, 2.24) is 0 Å². The van der Waals surface area contributed by atoms with Crippen molar-refractivity contribution in [2.75, 3.05) is 13.2 Å². The van der Waals surface area contributed by atoms with E-state index in [9.17, 15) is 0 Å². The molecule has 1 aliphatic carbocycles. The number of unbranched alkanes of at least 4 members (excludes halogenated alkanes) is 1. The van der Waals surface area contributed by atoms with Crippen molar-refractivity contribution in [2.24, 2.45) is 5.92 Å². The maximum Gasteiger partial charge on any atom is 0.0725 e. The molecule has 0 aromatic rings. The van der Waals surface area contributed by atoms with Crippen molar-refractivity contribution in [3.63, 3.8) is 0 Å². The molecule has 1 saturated carbocycles. The molecule has 1 rings (SSSR count). The topological polar surface area (TPSA) is 9.23 Å². The van der Waals surface area contributed by atoms with Gasteiger partial charge in [0.15, 0.2) is 0 Å². The number of rotatable bonds is 5. The number of hydrogen-bond acceptors (Lipinski definition) is 1. The molecule has 0 aromatic heterocycles. The summed E-state index contributed by atoms with van der Waals surface area (Å²) in [6.45, 7) is 5.11. The third-order valence-corrected chi connectivity index (χ3v) is 3.65. The molecule has 0 aromatic carbocycles. The van der Waals surface area contributed by atoms with Crippen molar-refractivity contribution in [1.29, 1.82) is 0 Å². The van der Waals surface area contributed by atoms with Crippen LogP contribution in [-0.2, 0) is 37.4 Å². The van der Waals surface area contributed by atoms with Crippen LogP contribution in [0.2, 0.25) is 5.82 Å². The number of ether oxygens (including phenoxy) is 1. The summed E-state index contributed by atoms with van der Waals surface area (Å²) in [5, 5.41) is 0.0613. The van der Waals surface area contributed by atoms with Gasteiger partial charge in [0.25, 0.3) is 0 Å². The van der Waals surface area contributed by atoms with E-state index in [0.29, 0.717) is 6.61 Å². The van der Waals surface area contributed by atoms with Gasteiger partial charge >= 0.3 is 0 Å². The number of halogens is 2. The van der Waals surface area contributed by atoms with E-state index in [2.05, 4.69) is 6.92 Å². The Bertz CT molecular complexity index is 174. The molecule has 4 atom stereocenters. The van der Waals surface area contributed by atoms with E-state index in [4.69, 9.17) is 35.8 Å². The maximum atomic E-state index is 6.12. The SMILES string of the molecule is [B]C1C(Cl)CC(Cl)C1COCCC[CH2-].[Y]. The monoisotopic (exact) mass is 322 g/mol. The van der Waals surface area contributed by atoms with Crippen LogP contribution in [0, 0.1) is 12.8 Å². The summed E-state index contributed by atoms with van der Waals surface area (Å²) in [7, 11) is 5.92. The molecule has 0 aliphatic heterocycles. The van der Waals surface area contributed by atoms with Crippen LogP contribution < -0.4 is 0 Å². The summed E-state index contributed by atoms with van der Waals surface area (Å²) in [6, 6.07) is 0. The van der Waals surface area contributed by atoms with Gasteiger partial charge in [-0.2, -0.15) is 6.42 Å². The molecule has 0 bridgehead atoms. The van der Waals surface area contributed by atoms with Crippen LogP contribution in [0.3, 0.4) is 0 Å². The zero-order valence-electron chi connectivity index (χ0n) is 8.87. The molecule has 4 unspecified atom stereocenters. The summed E-state index contributed by atoms with van der Waals surface area (Å²) in [4.78, 5) is 0. The Labute approximate surface area is 129 Å². The van der Waals surface area contributed by atoms with E-state index < -0.39 is 0 Å². The van der Waals surface area contributed by atoms with Crippen LogP contribution in [0.1, 0.15) is 19.3 Å². The van der Waals surface area contributed by atoms with Crippen molar-refractivity contribution >= 4 is 31.0 Å². The van der Waals surface area contributed by atoms with Crippen LogP contribution >= 0.6 is 23.2 Å². The second kappa shape index (κ2) is 8.75. The van der Waals surface area contributed by atoms with Gasteiger partial charge in [-0.3, -0.25) is 0 Å². The standard InChI is InChI=1S/C10H16BCl2O.Y/c1-2-3-4-14-6-7-8(12)5-9(13)10(7)11;/h7-10H,1-6H2;/q-1;. The van der Waals surface area contributed by atoms with Crippen LogP contribution in [0.4, 0.5) is 0 Å². The van der Waals surface area contributed by atoms with Crippen LogP contribution in [-0.4, -0.2) is 31.8 Å². The minimum absolute atomic E-state index is 0. The molecule has 5 heteroatoms. The maximum absolute atomic E-state index is 6.12. The molecule has 3 radical (unpaired) electrons. The third kappa shape index (κ3) is 5.25. The van der Waals surface area contributed by atoms with E-state index >= 15 is 0 Å². The number of alkyl halides is 2. The molecule has 83 valence electrons. The van der Waals surface area contributed by atoms with Crippen molar-refractivity contribution < 1.29 is 37.4 Å². The summed E-state index contributed by atoms with van der Waals surface area (Å²) in [5.74, 6) is 0.169. The van der Waals surface area contributed by atoms with E-state index in [1.807, 2.05) is 0 Å². The van der Waals surface area contributed by atoms with Gasteiger partial charge in [0.2, 0.25) is 0 Å². The van der Waals surface area contributed by atoms with Gasteiger partial charge in [-0.05, 0) is 12.3 Å². The van der Waals surface area contributed by atoms with Crippen molar-refractivity contribution in [3.05, 3.63) is 6.92 Å². The zero-order chi connectivity index (χ0) is 10.6. The van der Waals surface area contributed by atoms with E-state index in [0.717, 1.165) is 25.9 Å². The van der Waals surface area contributed by atoms with Crippen LogP contribution in [0.25, 0.3) is 0 Å². The van der Waals surface area contributed by atoms with Crippen LogP contribution in [0.15, 0.2) is 0 Å². The van der Waals surface area contributed by atoms with Crippen molar-refractivity contribution in [2.45, 2.75) is 35.8 Å². The second-order valence-electron chi connectivity index (χ2n) is 3.79. The molecule has 1 nitrogen and oxygen atoms in total. The molecule has 0 N–H and O–H groups in total. The summed E-state index contributed by atoms with van der Waals surface area (Å²) in [6.07, 6.45) is 2.67. The predicted octanol–water partition coefficient (Wildman–Crippen LogP) is 2.81. The Morgan fingerprint density at radius 1 is 1.33 bits per heavy atom. The van der Waals surface area contributed by atoms with Gasteiger partial charge in [-0.1, -0.05) is 12.2 Å². The molecular weight excluding hydrogens is 307 g/mol. The summed E-state index contributed by atoms with van der Waals surface area (Å²) < 4.78 is 5.48. The molecule has 0 heterocycles. The molecular formula is C10H16BCl2OY-. The van der Waals surface area contributed by atoms with Gasteiger partial charge in [0.05, 0.1) is 14.5 Å². The van der Waals surface area contributed by atoms with Crippen molar-refractivity contribution in [3.8, 4) is 0 Å². The average Bonchev–Trinajstić information content (AvgIpc) is 2.38. The molecule has 0 spiro atoms. The predicted molar refractivity (Wildman–Crippen MR) is 62.3 cm³/mol. The smallest absolute Gasteiger partial charge is 0.0725 e. The fourth-order valence-electron chi connectivity index (χ4n) is 1.70. The normalized spacial score (nSPS) is 35.1. The molecule has 1 fully saturated rings. The number of hydrogen-bond donors (Lipinski definition) is 0. The molecule has 1 aliphatic rings. The van der Waals surface area contributed by atoms with E-state index in [1.54, 1.807) is 0 Å². The Morgan fingerprint density at radius 3 is 2.47 bits per heavy atom. The Balaban J connectivity index is 0.00000196. The van der Waals surface area contributed by atoms with E-state index in [-0.39, 0.29) is 55.2 Å².